The van der Waals surface area contributed by atoms with Gasteiger partial charge in [-0.25, -0.2) is 0 Å². The Balaban J connectivity index is 1.86. The molecular weight excluding hydrogens is 222 g/mol. The van der Waals surface area contributed by atoms with Crippen molar-refractivity contribution in [2.75, 3.05) is 19.6 Å². The molecule has 0 amide bonds. The van der Waals surface area contributed by atoms with Crippen LogP contribution in [0.15, 0.2) is 18.2 Å². The maximum Gasteiger partial charge on any atom is 0.0802 e. The zero-order valence-electron chi connectivity index (χ0n) is 11.7. The zero-order chi connectivity index (χ0) is 13.0. The largest absolute Gasteiger partial charge is 0.388 e. The van der Waals surface area contributed by atoms with Gasteiger partial charge in [0.15, 0.2) is 0 Å². The van der Waals surface area contributed by atoms with Crippen LogP contribution in [0.1, 0.15) is 48.5 Å². The Kier molecular flexibility index (Phi) is 4.79. The third-order valence-electron chi connectivity index (χ3n) is 4.08. The molecule has 1 aliphatic heterocycles. The number of hydrogen-bond acceptors (Lipinski definition) is 2. The van der Waals surface area contributed by atoms with Crippen LogP contribution in [0.3, 0.4) is 0 Å². The molecule has 18 heavy (non-hydrogen) atoms. The van der Waals surface area contributed by atoms with Crippen molar-refractivity contribution in [1.29, 1.82) is 0 Å². The highest BCUT2D eigenvalue weighted by atomic mass is 16.3. The molecule has 1 saturated heterocycles. The number of nitrogens with zero attached hydrogens (tertiary/aromatic N) is 1. The smallest absolute Gasteiger partial charge is 0.0802 e. The molecule has 0 aromatic heterocycles. The quantitative estimate of drug-likeness (QED) is 0.883. The number of aliphatic hydroxyl groups excluding tert-OH is 1. The van der Waals surface area contributed by atoms with Crippen LogP contribution in [0.4, 0.5) is 0 Å². The first-order valence-electron chi connectivity index (χ1n) is 7.14. The predicted octanol–water partition coefficient (Wildman–Crippen LogP) is 3.21. The van der Waals surface area contributed by atoms with E-state index < -0.39 is 0 Å². The van der Waals surface area contributed by atoms with Gasteiger partial charge < -0.3 is 10.0 Å². The van der Waals surface area contributed by atoms with Gasteiger partial charge in [-0.3, -0.25) is 0 Å². The lowest BCUT2D eigenvalue weighted by molar-refractivity contribution is 0.134. The van der Waals surface area contributed by atoms with Crippen molar-refractivity contribution in [3.05, 3.63) is 34.9 Å². The predicted molar refractivity (Wildman–Crippen MR) is 75.8 cm³/mol. The molecule has 2 heteroatoms. The van der Waals surface area contributed by atoms with Crippen molar-refractivity contribution in [1.82, 2.24) is 4.90 Å². The van der Waals surface area contributed by atoms with Crippen molar-refractivity contribution in [2.45, 2.75) is 45.6 Å². The molecule has 2 nitrogen and oxygen atoms in total. The number of likely N-dealkylation sites (tertiary alicyclic amines) is 1. The number of benzene rings is 1. The minimum Gasteiger partial charge on any atom is -0.388 e. The maximum atomic E-state index is 10.2. The minimum absolute atomic E-state index is 0.314. The number of aliphatic hydroxyl groups is 1. The summed E-state index contributed by atoms with van der Waals surface area (Å²) in [5.41, 5.74) is 3.63. The third kappa shape index (κ3) is 3.56. The summed E-state index contributed by atoms with van der Waals surface area (Å²) in [5.74, 6) is 0. The maximum absolute atomic E-state index is 10.2. The fourth-order valence-corrected chi connectivity index (χ4v) is 2.63. The summed E-state index contributed by atoms with van der Waals surface area (Å²) in [5, 5.41) is 10.2. The molecule has 2 rings (SSSR count). The number of piperidine rings is 1. The first kappa shape index (κ1) is 13.6. The van der Waals surface area contributed by atoms with E-state index in [1.807, 2.05) is 0 Å². The summed E-state index contributed by atoms with van der Waals surface area (Å²) in [6, 6.07) is 6.29. The van der Waals surface area contributed by atoms with E-state index in [0.29, 0.717) is 0 Å². The average Bonchev–Trinajstić information content (AvgIpc) is 2.40. The van der Waals surface area contributed by atoms with Gasteiger partial charge in [-0.15, -0.1) is 0 Å². The molecule has 1 aromatic carbocycles. The van der Waals surface area contributed by atoms with Gasteiger partial charge in [0.05, 0.1) is 6.10 Å². The molecule has 1 unspecified atom stereocenters. The second-order valence-corrected chi connectivity index (χ2v) is 5.55. The molecule has 1 aromatic rings. The summed E-state index contributed by atoms with van der Waals surface area (Å²) in [6.07, 6.45) is 4.55. The van der Waals surface area contributed by atoms with E-state index in [2.05, 4.69) is 36.9 Å². The summed E-state index contributed by atoms with van der Waals surface area (Å²) < 4.78 is 0. The van der Waals surface area contributed by atoms with Crippen LogP contribution in [0.25, 0.3) is 0 Å². The zero-order valence-corrected chi connectivity index (χ0v) is 11.7. The van der Waals surface area contributed by atoms with Crippen molar-refractivity contribution in [2.24, 2.45) is 0 Å². The van der Waals surface area contributed by atoms with E-state index in [-0.39, 0.29) is 6.10 Å². The molecule has 1 N–H and O–H groups in total. The normalized spacial score (nSPS) is 18.8. The second kappa shape index (κ2) is 6.35. The number of aryl methyl sites for hydroxylation is 2. The van der Waals surface area contributed by atoms with E-state index in [0.717, 1.165) is 18.5 Å². The van der Waals surface area contributed by atoms with Gasteiger partial charge in [0.2, 0.25) is 0 Å². The van der Waals surface area contributed by atoms with Crippen molar-refractivity contribution in [3.8, 4) is 0 Å². The molecule has 0 radical (unpaired) electrons. The SMILES string of the molecule is Cc1ccc(C(O)CCN2CCCCC2)cc1C. The van der Waals surface area contributed by atoms with Gasteiger partial charge in [-0.05, 0) is 62.9 Å². The van der Waals surface area contributed by atoms with Gasteiger partial charge in [0.25, 0.3) is 0 Å². The number of rotatable bonds is 4. The first-order chi connectivity index (χ1) is 8.66. The van der Waals surface area contributed by atoms with E-state index in [4.69, 9.17) is 0 Å². The summed E-state index contributed by atoms with van der Waals surface area (Å²) in [6.45, 7) is 7.66. The molecule has 1 heterocycles. The lowest BCUT2D eigenvalue weighted by Gasteiger charge is -2.27. The van der Waals surface area contributed by atoms with Crippen molar-refractivity contribution in [3.63, 3.8) is 0 Å². The van der Waals surface area contributed by atoms with Crippen LogP contribution in [0.2, 0.25) is 0 Å². The van der Waals surface area contributed by atoms with E-state index in [9.17, 15) is 5.11 Å². The Hall–Kier alpha value is -0.860. The molecule has 1 fully saturated rings. The molecular formula is C16H25NO. The van der Waals surface area contributed by atoms with Gasteiger partial charge in [-0.2, -0.15) is 0 Å². The average molecular weight is 247 g/mol. The molecule has 1 aliphatic rings. The second-order valence-electron chi connectivity index (χ2n) is 5.55. The molecule has 100 valence electrons. The van der Waals surface area contributed by atoms with Gasteiger partial charge >= 0.3 is 0 Å². The molecule has 1 atom stereocenters. The minimum atomic E-state index is -0.314. The summed E-state index contributed by atoms with van der Waals surface area (Å²) in [7, 11) is 0. The van der Waals surface area contributed by atoms with Crippen LogP contribution < -0.4 is 0 Å². The van der Waals surface area contributed by atoms with Gasteiger partial charge in [0, 0.05) is 6.54 Å². The van der Waals surface area contributed by atoms with Crippen LogP contribution in [0, 0.1) is 13.8 Å². The summed E-state index contributed by atoms with van der Waals surface area (Å²) in [4.78, 5) is 2.48. The van der Waals surface area contributed by atoms with Gasteiger partial charge in [0.1, 0.15) is 0 Å². The molecule has 0 aliphatic carbocycles. The van der Waals surface area contributed by atoms with E-state index in [1.54, 1.807) is 0 Å². The highest BCUT2D eigenvalue weighted by Gasteiger charge is 2.13. The van der Waals surface area contributed by atoms with Crippen LogP contribution in [-0.2, 0) is 0 Å². The lowest BCUT2D eigenvalue weighted by atomic mass is 10.0. The topological polar surface area (TPSA) is 23.5 Å². The lowest BCUT2D eigenvalue weighted by Crippen LogP contribution is -2.31. The standard InChI is InChI=1S/C16H25NO/c1-13-6-7-15(12-14(13)2)16(18)8-11-17-9-4-3-5-10-17/h6-7,12,16,18H,3-5,8-11H2,1-2H3. The van der Waals surface area contributed by atoms with Crippen molar-refractivity contribution >= 4 is 0 Å². The number of hydrogen-bond donors (Lipinski definition) is 1. The Morgan fingerprint density at radius 2 is 1.83 bits per heavy atom. The molecule has 0 saturated carbocycles. The molecule has 0 bridgehead atoms. The fourth-order valence-electron chi connectivity index (χ4n) is 2.63. The molecule has 0 spiro atoms. The summed E-state index contributed by atoms with van der Waals surface area (Å²) >= 11 is 0. The van der Waals surface area contributed by atoms with Crippen LogP contribution >= 0.6 is 0 Å². The van der Waals surface area contributed by atoms with Crippen LogP contribution in [0.5, 0.6) is 0 Å². The Morgan fingerprint density at radius 3 is 2.50 bits per heavy atom. The van der Waals surface area contributed by atoms with E-state index in [1.165, 1.54) is 43.5 Å². The fraction of sp³-hybridized carbons (Fsp3) is 0.625. The Morgan fingerprint density at radius 1 is 1.11 bits per heavy atom. The third-order valence-corrected chi connectivity index (χ3v) is 4.08. The Bertz CT molecular complexity index is 383. The highest BCUT2D eigenvalue weighted by Crippen LogP contribution is 2.21. The van der Waals surface area contributed by atoms with E-state index >= 15 is 0 Å². The monoisotopic (exact) mass is 247 g/mol. The Labute approximate surface area is 111 Å². The highest BCUT2D eigenvalue weighted by molar-refractivity contribution is 5.31. The van der Waals surface area contributed by atoms with Crippen LogP contribution in [-0.4, -0.2) is 29.6 Å². The van der Waals surface area contributed by atoms with Crippen molar-refractivity contribution < 1.29 is 5.11 Å². The first-order valence-corrected chi connectivity index (χ1v) is 7.14. The van der Waals surface area contributed by atoms with Gasteiger partial charge in [-0.1, -0.05) is 24.6 Å².